The summed E-state index contributed by atoms with van der Waals surface area (Å²) >= 11 is 0. The zero-order chi connectivity index (χ0) is 41.5. The SMILES string of the molecule is CCCCCCCCCCCCCCCCCCCCCCCCCCCCCCCCCCCCC(O)C(=O)NC(CO)C(O)CCCCCCCCCCC. The number of aliphatic hydroxyl groups is 3. The van der Waals surface area contributed by atoms with Crippen LogP contribution in [0.3, 0.4) is 0 Å². The van der Waals surface area contributed by atoms with Gasteiger partial charge in [-0.2, -0.15) is 0 Å². The van der Waals surface area contributed by atoms with E-state index in [0.717, 1.165) is 32.1 Å². The average molecular weight is 808 g/mol. The van der Waals surface area contributed by atoms with E-state index in [4.69, 9.17) is 0 Å². The molecule has 0 bridgehead atoms. The summed E-state index contributed by atoms with van der Waals surface area (Å²) in [5.41, 5.74) is 0. The first kappa shape index (κ1) is 56.4. The molecular weight excluding hydrogens is 703 g/mol. The van der Waals surface area contributed by atoms with Crippen LogP contribution in [0.1, 0.15) is 303 Å². The van der Waals surface area contributed by atoms with Crippen molar-refractivity contribution in [1.82, 2.24) is 5.32 Å². The first-order chi connectivity index (χ1) is 28.1. The maximum absolute atomic E-state index is 12.5. The number of hydrogen-bond donors (Lipinski definition) is 4. The summed E-state index contributed by atoms with van der Waals surface area (Å²) in [6, 6.07) is -0.704. The topological polar surface area (TPSA) is 89.8 Å². The van der Waals surface area contributed by atoms with Gasteiger partial charge in [-0.15, -0.1) is 0 Å². The highest BCUT2D eigenvalue weighted by Crippen LogP contribution is 2.18. The molecule has 1 amide bonds. The minimum Gasteiger partial charge on any atom is -0.394 e. The van der Waals surface area contributed by atoms with Crippen LogP contribution in [0, 0.1) is 0 Å². The van der Waals surface area contributed by atoms with Gasteiger partial charge in [0.15, 0.2) is 0 Å². The molecule has 3 atom stereocenters. The zero-order valence-electron chi connectivity index (χ0n) is 39.0. The molecule has 0 aliphatic heterocycles. The van der Waals surface area contributed by atoms with E-state index < -0.39 is 24.2 Å². The van der Waals surface area contributed by atoms with Crippen LogP contribution in [0.15, 0.2) is 0 Å². The first-order valence-electron chi connectivity index (χ1n) is 26.3. The Balaban J connectivity index is 3.38. The van der Waals surface area contributed by atoms with Crippen molar-refractivity contribution in [3.05, 3.63) is 0 Å². The summed E-state index contributed by atoms with van der Waals surface area (Å²) in [6.07, 6.45) is 57.4. The van der Waals surface area contributed by atoms with Crippen molar-refractivity contribution in [1.29, 1.82) is 0 Å². The van der Waals surface area contributed by atoms with Crippen molar-refractivity contribution in [2.24, 2.45) is 0 Å². The van der Waals surface area contributed by atoms with Gasteiger partial charge < -0.3 is 20.6 Å². The number of aliphatic hydroxyl groups excluding tert-OH is 3. The fourth-order valence-electron chi connectivity index (χ4n) is 8.61. The quantitative estimate of drug-likeness (QED) is 0.0461. The van der Waals surface area contributed by atoms with E-state index in [9.17, 15) is 20.1 Å². The van der Waals surface area contributed by atoms with E-state index in [1.807, 2.05) is 0 Å². The zero-order valence-corrected chi connectivity index (χ0v) is 39.0. The summed E-state index contributed by atoms with van der Waals surface area (Å²) in [6.45, 7) is 4.23. The Kier molecular flexibility index (Phi) is 47.5. The molecule has 0 saturated carbocycles. The number of hydrogen-bond acceptors (Lipinski definition) is 4. The molecule has 0 aromatic heterocycles. The summed E-state index contributed by atoms with van der Waals surface area (Å²) in [5.74, 6) is -0.466. The Hall–Kier alpha value is -0.650. The third kappa shape index (κ3) is 43.3. The molecule has 0 aliphatic rings. The molecule has 0 spiro atoms. The lowest BCUT2D eigenvalue weighted by Gasteiger charge is -2.23. The second-order valence-electron chi connectivity index (χ2n) is 18.5. The van der Waals surface area contributed by atoms with Gasteiger partial charge in [-0.1, -0.05) is 290 Å². The maximum atomic E-state index is 12.5. The molecule has 0 rings (SSSR count). The van der Waals surface area contributed by atoms with E-state index in [2.05, 4.69) is 19.2 Å². The molecule has 0 aromatic carbocycles. The van der Waals surface area contributed by atoms with Crippen molar-refractivity contribution in [2.75, 3.05) is 6.61 Å². The minimum absolute atomic E-state index is 0.309. The fourth-order valence-corrected chi connectivity index (χ4v) is 8.61. The predicted octanol–water partition coefficient (Wildman–Crippen LogP) is 15.8. The van der Waals surface area contributed by atoms with Crippen LogP contribution < -0.4 is 5.32 Å². The standard InChI is InChI=1S/C52H105NO4/c1-3-5-7-9-11-13-14-15-16-17-18-19-20-21-22-23-24-25-26-27-28-29-30-31-32-33-34-35-36-37-39-41-43-45-47-51(56)52(57)53-49(48-54)50(55)46-44-42-40-38-12-10-8-6-4-2/h49-51,54-56H,3-48H2,1-2H3,(H,53,57). The van der Waals surface area contributed by atoms with Gasteiger partial charge in [0, 0.05) is 0 Å². The number of nitrogens with one attached hydrogen (secondary N) is 1. The number of rotatable bonds is 49. The van der Waals surface area contributed by atoms with Gasteiger partial charge in [0.1, 0.15) is 6.10 Å². The molecule has 0 aliphatic carbocycles. The molecule has 4 N–H and O–H groups in total. The second kappa shape index (κ2) is 48.0. The number of amides is 1. The molecular formula is C52H105NO4. The molecule has 57 heavy (non-hydrogen) atoms. The van der Waals surface area contributed by atoms with Gasteiger partial charge >= 0.3 is 0 Å². The van der Waals surface area contributed by atoms with Crippen LogP contribution in [-0.4, -0.2) is 46.1 Å². The van der Waals surface area contributed by atoms with Gasteiger partial charge in [0.2, 0.25) is 5.91 Å². The summed E-state index contributed by atoms with van der Waals surface area (Å²) in [4.78, 5) is 12.5. The molecule has 0 saturated heterocycles. The lowest BCUT2D eigenvalue weighted by molar-refractivity contribution is -0.131. The second-order valence-corrected chi connectivity index (χ2v) is 18.5. The molecule has 0 heterocycles. The molecule has 5 heteroatoms. The van der Waals surface area contributed by atoms with Crippen molar-refractivity contribution >= 4 is 5.91 Å². The van der Waals surface area contributed by atoms with Crippen molar-refractivity contribution in [3.8, 4) is 0 Å². The Morgan fingerprint density at radius 1 is 0.351 bits per heavy atom. The van der Waals surface area contributed by atoms with Crippen LogP contribution >= 0.6 is 0 Å². The van der Waals surface area contributed by atoms with Crippen molar-refractivity contribution < 1.29 is 20.1 Å². The average Bonchev–Trinajstić information content (AvgIpc) is 3.22. The lowest BCUT2D eigenvalue weighted by Crippen LogP contribution is -2.49. The Bertz CT molecular complexity index is 762. The van der Waals surface area contributed by atoms with E-state index in [0.29, 0.717) is 12.8 Å². The fraction of sp³-hybridized carbons (Fsp3) is 0.981. The summed E-state index contributed by atoms with van der Waals surface area (Å²) < 4.78 is 0. The van der Waals surface area contributed by atoms with Gasteiger partial charge in [-0.3, -0.25) is 4.79 Å². The highest BCUT2D eigenvalue weighted by Gasteiger charge is 2.23. The van der Waals surface area contributed by atoms with Crippen LogP contribution in [-0.2, 0) is 4.79 Å². The van der Waals surface area contributed by atoms with Crippen LogP contribution in [0.5, 0.6) is 0 Å². The van der Waals surface area contributed by atoms with Gasteiger partial charge in [0.25, 0.3) is 0 Å². The molecule has 0 fully saturated rings. The van der Waals surface area contributed by atoms with Crippen LogP contribution in [0.25, 0.3) is 0 Å². The maximum Gasteiger partial charge on any atom is 0.249 e. The normalized spacial score (nSPS) is 13.3. The Labute approximate surface area is 357 Å². The molecule has 3 unspecified atom stereocenters. The van der Waals surface area contributed by atoms with E-state index in [1.54, 1.807) is 0 Å². The molecule has 0 aromatic rings. The third-order valence-corrected chi connectivity index (χ3v) is 12.7. The monoisotopic (exact) mass is 808 g/mol. The van der Waals surface area contributed by atoms with Gasteiger partial charge in [0.05, 0.1) is 18.8 Å². The smallest absolute Gasteiger partial charge is 0.249 e. The number of carbonyl (C=O) groups is 1. The van der Waals surface area contributed by atoms with Gasteiger partial charge in [-0.25, -0.2) is 0 Å². The highest BCUT2D eigenvalue weighted by molar-refractivity contribution is 5.80. The number of unbranched alkanes of at least 4 members (excludes halogenated alkanes) is 41. The molecule has 342 valence electrons. The van der Waals surface area contributed by atoms with Crippen LogP contribution in [0.4, 0.5) is 0 Å². The van der Waals surface area contributed by atoms with Crippen molar-refractivity contribution in [2.45, 2.75) is 321 Å². The minimum atomic E-state index is -1.07. The summed E-state index contributed by atoms with van der Waals surface area (Å²) in [7, 11) is 0. The van der Waals surface area contributed by atoms with Gasteiger partial charge in [-0.05, 0) is 12.8 Å². The van der Waals surface area contributed by atoms with Crippen LogP contribution in [0.2, 0.25) is 0 Å². The lowest BCUT2D eigenvalue weighted by atomic mass is 10.0. The largest absolute Gasteiger partial charge is 0.394 e. The Morgan fingerprint density at radius 2 is 0.561 bits per heavy atom. The predicted molar refractivity (Wildman–Crippen MR) is 250 cm³/mol. The highest BCUT2D eigenvalue weighted by atomic mass is 16.3. The Morgan fingerprint density at radius 3 is 0.789 bits per heavy atom. The van der Waals surface area contributed by atoms with E-state index in [-0.39, 0.29) is 6.61 Å². The number of carbonyl (C=O) groups excluding carboxylic acids is 1. The van der Waals surface area contributed by atoms with E-state index in [1.165, 1.54) is 244 Å². The first-order valence-corrected chi connectivity index (χ1v) is 26.3. The molecule has 0 radical (unpaired) electrons. The van der Waals surface area contributed by atoms with Crippen molar-refractivity contribution in [3.63, 3.8) is 0 Å². The summed E-state index contributed by atoms with van der Waals surface area (Å²) in [5, 5.41) is 33.2. The van der Waals surface area contributed by atoms with E-state index >= 15 is 0 Å². The third-order valence-electron chi connectivity index (χ3n) is 12.7. The molecule has 5 nitrogen and oxygen atoms in total.